The topological polar surface area (TPSA) is 54.5 Å². The summed E-state index contributed by atoms with van der Waals surface area (Å²) in [4.78, 5) is 0.275. The van der Waals surface area contributed by atoms with Crippen molar-refractivity contribution in [2.24, 2.45) is 0 Å². The molecular weight excluding hydrogens is 250 g/mol. The number of aromatic nitrogens is 3. The van der Waals surface area contributed by atoms with Crippen LogP contribution in [-0.2, 0) is 0 Å². The first-order valence-corrected chi connectivity index (χ1v) is 4.89. The third kappa shape index (κ3) is 2.24. The summed E-state index contributed by atoms with van der Waals surface area (Å²) in [5, 5.41) is 16.3. The molecule has 0 radical (unpaired) electrons. The van der Waals surface area contributed by atoms with Crippen LogP contribution in [0.15, 0.2) is 24.4 Å². The number of nitriles is 1. The van der Waals surface area contributed by atoms with Gasteiger partial charge in [0.2, 0.25) is 0 Å². The number of halogens is 3. The Morgan fingerprint density at radius 3 is 2.76 bits per heavy atom. The van der Waals surface area contributed by atoms with Crippen LogP contribution in [-0.4, -0.2) is 15.0 Å². The van der Waals surface area contributed by atoms with E-state index in [0.29, 0.717) is 16.1 Å². The first kappa shape index (κ1) is 11.5. The molecule has 1 heterocycles. The summed E-state index contributed by atoms with van der Waals surface area (Å²) in [6.07, 6.45) is 1.17. The van der Waals surface area contributed by atoms with Gasteiger partial charge in [-0.1, -0.05) is 11.6 Å². The highest BCUT2D eigenvalue weighted by molar-refractivity contribution is 6.30. The molecule has 17 heavy (non-hydrogen) atoms. The van der Waals surface area contributed by atoms with Crippen LogP contribution in [0, 0.1) is 11.3 Å². The molecule has 0 aliphatic carbocycles. The van der Waals surface area contributed by atoms with E-state index < -0.39 is 6.55 Å². The smallest absolute Gasteiger partial charge is 0.192 e. The summed E-state index contributed by atoms with van der Waals surface area (Å²) < 4.78 is 24.6. The Labute approximate surface area is 100 Å². The molecule has 1 aromatic heterocycles. The number of hydrogen-bond donors (Lipinski definition) is 0. The number of nitrogens with zero attached hydrogens (tertiary/aromatic N) is 4. The molecule has 4 nitrogen and oxygen atoms in total. The zero-order valence-corrected chi connectivity index (χ0v) is 9.07. The van der Waals surface area contributed by atoms with E-state index in [2.05, 4.69) is 10.2 Å². The molecule has 0 bridgehead atoms. The summed E-state index contributed by atoms with van der Waals surface area (Å²) >= 11 is 5.78. The van der Waals surface area contributed by atoms with Crippen LogP contribution in [0.2, 0.25) is 5.02 Å². The lowest BCUT2D eigenvalue weighted by atomic mass is 10.1. The second-order valence-corrected chi connectivity index (χ2v) is 3.57. The Bertz CT molecular complexity index is 588. The molecule has 0 aliphatic rings. The summed E-state index contributed by atoms with van der Waals surface area (Å²) in [5.41, 5.74) is 0.868. The molecule has 0 saturated carbocycles. The number of rotatable bonds is 2. The van der Waals surface area contributed by atoms with Crippen molar-refractivity contribution in [1.82, 2.24) is 15.0 Å². The van der Waals surface area contributed by atoms with Crippen molar-refractivity contribution in [3.63, 3.8) is 0 Å². The van der Waals surface area contributed by atoms with Gasteiger partial charge >= 0.3 is 6.55 Å². The Balaban J connectivity index is 2.52. The van der Waals surface area contributed by atoms with E-state index in [1.165, 1.54) is 18.3 Å². The van der Waals surface area contributed by atoms with Gasteiger partial charge in [-0.3, -0.25) is 0 Å². The van der Waals surface area contributed by atoms with Crippen molar-refractivity contribution >= 4 is 11.6 Å². The lowest BCUT2D eigenvalue weighted by molar-refractivity contribution is 0.0415. The van der Waals surface area contributed by atoms with Gasteiger partial charge in [-0.05, 0) is 18.2 Å². The monoisotopic (exact) mass is 254 g/mol. The van der Waals surface area contributed by atoms with Gasteiger partial charge in [-0.2, -0.15) is 19.1 Å². The van der Waals surface area contributed by atoms with Crippen molar-refractivity contribution in [2.45, 2.75) is 6.55 Å². The predicted molar refractivity (Wildman–Crippen MR) is 56.4 cm³/mol. The Morgan fingerprint density at radius 2 is 2.18 bits per heavy atom. The van der Waals surface area contributed by atoms with Crippen molar-refractivity contribution < 1.29 is 8.78 Å². The zero-order chi connectivity index (χ0) is 12.4. The van der Waals surface area contributed by atoms with Crippen LogP contribution in [0.4, 0.5) is 8.78 Å². The van der Waals surface area contributed by atoms with Crippen molar-refractivity contribution in [3.8, 4) is 17.3 Å². The van der Waals surface area contributed by atoms with Crippen LogP contribution in [0.5, 0.6) is 0 Å². The molecule has 0 spiro atoms. The molecule has 0 atom stereocenters. The first-order chi connectivity index (χ1) is 8.11. The highest BCUT2D eigenvalue weighted by Gasteiger charge is 2.13. The molecule has 7 heteroatoms. The van der Waals surface area contributed by atoms with Crippen LogP contribution in [0.1, 0.15) is 12.1 Å². The predicted octanol–water partition coefficient (Wildman–Crippen LogP) is 2.87. The molecule has 2 rings (SSSR count). The maximum Gasteiger partial charge on any atom is 0.348 e. The maximum absolute atomic E-state index is 12.3. The molecule has 0 unspecified atom stereocenters. The van der Waals surface area contributed by atoms with Crippen LogP contribution >= 0.6 is 11.6 Å². The zero-order valence-electron chi connectivity index (χ0n) is 8.31. The van der Waals surface area contributed by atoms with Gasteiger partial charge in [0.05, 0.1) is 17.8 Å². The first-order valence-electron chi connectivity index (χ1n) is 4.52. The third-order valence-corrected chi connectivity index (χ3v) is 2.30. The van der Waals surface area contributed by atoms with Gasteiger partial charge in [-0.25, -0.2) is 0 Å². The molecule has 0 fully saturated rings. The molecule has 0 N–H and O–H groups in total. The average molecular weight is 255 g/mol. The molecule has 0 saturated heterocycles. The van der Waals surface area contributed by atoms with Crippen LogP contribution in [0.25, 0.3) is 11.3 Å². The van der Waals surface area contributed by atoms with Crippen molar-refractivity contribution in [1.29, 1.82) is 5.26 Å². The number of benzene rings is 1. The fourth-order valence-electron chi connectivity index (χ4n) is 1.32. The number of alkyl halides is 2. The SMILES string of the molecule is N#Cc1ccc(Cl)cc1-c1cnn(C(F)F)n1. The molecule has 1 aromatic carbocycles. The normalized spacial score (nSPS) is 10.5. The standard InChI is InChI=1S/C10H5ClF2N4/c11-7-2-1-6(4-14)8(3-7)9-5-15-17(16-9)10(12)13/h1-3,5,10H. The van der Waals surface area contributed by atoms with Gasteiger partial charge in [0.1, 0.15) is 5.69 Å². The van der Waals surface area contributed by atoms with E-state index in [0.717, 1.165) is 0 Å². The van der Waals surface area contributed by atoms with E-state index in [-0.39, 0.29) is 10.5 Å². The van der Waals surface area contributed by atoms with E-state index in [9.17, 15) is 8.78 Å². The van der Waals surface area contributed by atoms with Crippen LogP contribution in [0.3, 0.4) is 0 Å². The highest BCUT2D eigenvalue weighted by atomic mass is 35.5. The van der Waals surface area contributed by atoms with Gasteiger partial charge in [0, 0.05) is 10.6 Å². The van der Waals surface area contributed by atoms with Gasteiger partial charge in [0.25, 0.3) is 0 Å². The molecule has 86 valence electrons. The second-order valence-electron chi connectivity index (χ2n) is 3.13. The Hall–Kier alpha value is -2.00. The van der Waals surface area contributed by atoms with Gasteiger partial charge in [-0.15, -0.1) is 9.90 Å². The van der Waals surface area contributed by atoms with Gasteiger partial charge in [0.15, 0.2) is 0 Å². The van der Waals surface area contributed by atoms with Gasteiger partial charge < -0.3 is 0 Å². The maximum atomic E-state index is 12.3. The van der Waals surface area contributed by atoms with Crippen molar-refractivity contribution in [2.75, 3.05) is 0 Å². The summed E-state index contributed by atoms with van der Waals surface area (Å²) in [6, 6.07) is 6.46. The van der Waals surface area contributed by atoms with E-state index in [1.807, 2.05) is 6.07 Å². The summed E-state index contributed by atoms with van der Waals surface area (Å²) in [5.74, 6) is 0. The molecule has 0 amide bonds. The third-order valence-electron chi connectivity index (χ3n) is 2.06. The molecular formula is C10H5ClF2N4. The van der Waals surface area contributed by atoms with Crippen LogP contribution < -0.4 is 0 Å². The largest absolute Gasteiger partial charge is 0.348 e. The minimum atomic E-state index is -2.81. The number of hydrogen-bond acceptors (Lipinski definition) is 3. The summed E-state index contributed by atoms with van der Waals surface area (Å²) in [6.45, 7) is -2.81. The minimum absolute atomic E-state index is 0.185. The minimum Gasteiger partial charge on any atom is -0.192 e. The fraction of sp³-hybridized carbons (Fsp3) is 0.100. The summed E-state index contributed by atoms with van der Waals surface area (Å²) in [7, 11) is 0. The van der Waals surface area contributed by atoms with E-state index in [1.54, 1.807) is 6.07 Å². The van der Waals surface area contributed by atoms with E-state index >= 15 is 0 Å². The Kier molecular flexibility index (Phi) is 3.02. The highest BCUT2D eigenvalue weighted by Crippen LogP contribution is 2.25. The Morgan fingerprint density at radius 1 is 1.41 bits per heavy atom. The lowest BCUT2D eigenvalue weighted by Crippen LogP contribution is -2.02. The molecule has 2 aromatic rings. The quantitative estimate of drug-likeness (QED) is 0.828. The van der Waals surface area contributed by atoms with E-state index in [4.69, 9.17) is 16.9 Å². The second kappa shape index (κ2) is 4.47. The molecule has 0 aliphatic heterocycles. The fourth-order valence-corrected chi connectivity index (χ4v) is 1.49. The lowest BCUT2D eigenvalue weighted by Gasteiger charge is -2.00. The average Bonchev–Trinajstić information content (AvgIpc) is 2.78. The van der Waals surface area contributed by atoms with Crippen molar-refractivity contribution in [3.05, 3.63) is 35.0 Å².